The number of hydrogen-bond donors (Lipinski definition) is 1. The van der Waals surface area contributed by atoms with Gasteiger partial charge >= 0.3 is 0 Å². The first-order valence-corrected chi connectivity index (χ1v) is 13.5. The van der Waals surface area contributed by atoms with Crippen molar-refractivity contribution in [1.82, 2.24) is 9.88 Å². The molecule has 0 radical (unpaired) electrons. The first-order chi connectivity index (χ1) is 18.8. The second-order valence-electron chi connectivity index (χ2n) is 9.63. The van der Waals surface area contributed by atoms with E-state index in [1.54, 1.807) is 17.5 Å². The van der Waals surface area contributed by atoms with Crippen LogP contribution in [0.1, 0.15) is 52.1 Å². The summed E-state index contributed by atoms with van der Waals surface area (Å²) in [6, 6.07) is 17.3. The predicted octanol–water partition coefficient (Wildman–Crippen LogP) is 6.38. The second-order valence-corrected chi connectivity index (χ2v) is 10.6. The monoisotopic (exact) mass is 547 g/mol. The summed E-state index contributed by atoms with van der Waals surface area (Å²) in [4.78, 5) is 31.8. The van der Waals surface area contributed by atoms with Crippen molar-refractivity contribution in [3.63, 3.8) is 0 Å². The molecule has 1 atom stereocenters. The molecule has 6 nitrogen and oxygen atoms in total. The summed E-state index contributed by atoms with van der Waals surface area (Å²) in [5.41, 5.74) is 3.23. The maximum Gasteiger partial charge on any atom is 0.275 e. The third-order valence-electron chi connectivity index (χ3n) is 6.52. The molecule has 0 saturated carbocycles. The molecule has 1 aliphatic heterocycles. The summed E-state index contributed by atoms with van der Waals surface area (Å²) in [6.45, 7) is 4.41. The van der Waals surface area contributed by atoms with Gasteiger partial charge in [0.25, 0.3) is 5.91 Å². The minimum absolute atomic E-state index is 0.00747. The minimum atomic E-state index is -0.443. The number of nitrogens with zero attached hydrogens (tertiary/aromatic N) is 2. The number of hydrogen-bond acceptors (Lipinski definition) is 5. The number of rotatable bonds is 7. The average Bonchev–Trinajstić information content (AvgIpc) is 3.40. The van der Waals surface area contributed by atoms with Crippen molar-refractivity contribution in [3.8, 4) is 5.75 Å². The number of fused-ring (bicyclic) bond motifs is 1. The van der Waals surface area contributed by atoms with Gasteiger partial charge in [-0.05, 0) is 65.6 Å². The molecule has 0 aliphatic carbocycles. The van der Waals surface area contributed by atoms with Crippen LogP contribution in [-0.4, -0.2) is 28.2 Å². The van der Waals surface area contributed by atoms with Crippen molar-refractivity contribution < 1.29 is 23.1 Å². The molecule has 1 N–H and O–H groups in total. The maximum absolute atomic E-state index is 14.2. The summed E-state index contributed by atoms with van der Waals surface area (Å²) in [7, 11) is 0. The van der Waals surface area contributed by atoms with Crippen molar-refractivity contribution in [2.45, 2.75) is 32.9 Å². The largest absolute Gasteiger partial charge is 0.486 e. The van der Waals surface area contributed by atoms with Crippen LogP contribution in [0, 0.1) is 17.6 Å². The van der Waals surface area contributed by atoms with Gasteiger partial charge in [-0.2, -0.15) is 0 Å². The quantitative estimate of drug-likeness (QED) is 0.291. The number of thiazole rings is 1. The van der Waals surface area contributed by atoms with Gasteiger partial charge in [0.15, 0.2) is 0 Å². The van der Waals surface area contributed by atoms with E-state index in [9.17, 15) is 18.4 Å². The van der Waals surface area contributed by atoms with Crippen molar-refractivity contribution >= 4 is 28.8 Å². The lowest BCUT2D eigenvalue weighted by Gasteiger charge is -2.39. The lowest BCUT2D eigenvalue weighted by atomic mass is 9.87. The maximum atomic E-state index is 14.2. The van der Waals surface area contributed by atoms with E-state index < -0.39 is 17.8 Å². The van der Waals surface area contributed by atoms with E-state index in [0.717, 1.165) is 11.1 Å². The van der Waals surface area contributed by atoms with Crippen LogP contribution in [0.2, 0.25) is 0 Å². The summed E-state index contributed by atoms with van der Waals surface area (Å²) >= 11 is 1.28. The molecule has 1 aromatic heterocycles. The molecule has 0 unspecified atom stereocenters. The van der Waals surface area contributed by atoms with Gasteiger partial charge in [0.2, 0.25) is 5.91 Å². The highest BCUT2D eigenvalue weighted by molar-refractivity contribution is 7.09. The van der Waals surface area contributed by atoms with Crippen LogP contribution in [0.5, 0.6) is 5.75 Å². The van der Waals surface area contributed by atoms with E-state index in [1.807, 2.05) is 43.0 Å². The van der Waals surface area contributed by atoms with Crippen LogP contribution < -0.4 is 10.1 Å². The number of nitrogens with one attached hydrogen (secondary N) is 1. The van der Waals surface area contributed by atoms with Gasteiger partial charge < -0.3 is 15.0 Å². The molecule has 5 rings (SSSR count). The van der Waals surface area contributed by atoms with Crippen LogP contribution in [-0.2, 0) is 17.8 Å². The van der Waals surface area contributed by atoms with Crippen LogP contribution in [0.25, 0.3) is 0 Å². The predicted molar refractivity (Wildman–Crippen MR) is 146 cm³/mol. The number of carbonyl (C=O) groups is 2. The Morgan fingerprint density at radius 3 is 2.59 bits per heavy atom. The molecule has 2 amide bonds. The normalized spacial score (nSPS) is 14.7. The van der Waals surface area contributed by atoms with E-state index >= 15 is 0 Å². The highest BCUT2D eigenvalue weighted by Gasteiger charge is 2.33. The first-order valence-electron chi connectivity index (χ1n) is 12.6. The summed E-state index contributed by atoms with van der Waals surface area (Å²) < 4.78 is 33.6. The fourth-order valence-corrected chi connectivity index (χ4v) is 5.36. The second kappa shape index (κ2) is 11.3. The zero-order chi connectivity index (χ0) is 27.5. The van der Waals surface area contributed by atoms with E-state index in [1.165, 1.54) is 41.7 Å². The Morgan fingerprint density at radius 2 is 1.85 bits per heavy atom. The lowest BCUT2D eigenvalue weighted by Crippen LogP contribution is -2.42. The molecule has 0 saturated heterocycles. The molecule has 9 heteroatoms. The van der Waals surface area contributed by atoms with Gasteiger partial charge in [0.05, 0.1) is 6.04 Å². The molecule has 200 valence electrons. The molecule has 1 aliphatic rings. The van der Waals surface area contributed by atoms with Gasteiger partial charge in [0, 0.05) is 23.5 Å². The lowest BCUT2D eigenvalue weighted by molar-refractivity contribution is -0.136. The molecule has 0 bridgehead atoms. The van der Waals surface area contributed by atoms with Crippen molar-refractivity contribution in [1.29, 1.82) is 0 Å². The number of anilines is 1. The number of aromatic nitrogens is 1. The Hall–Kier alpha value is -4.11. The number of amides is 2. The topological polar surface area (TPSA) is 71.5 Å². The smallest absolute Gasteiger partial charge is 0.275 e. The van der Waals surface area contributed by atoms with Crippen LogP contribution in [0.15, 0.2) is 72.1 Å². The number of halogens is 2. The molecule has 3 aromatic carbocycles. The van der Waals surface area contributed by atoms with Crippen molar-refractivity contribution in [2.24, 2.45) is 5.92 Å². The Bertz CT molecular complexity index is 1520. The molecule has 4 aromatic rings. The fraction of sp³-hybridized carbons (Fsp3) is 0.233. The highest BCUT2D eigenvalue weighted by Crippen LogP contribution is 2.38. The number of ether oxygens (including phenoxy) is 1. The number of carbonyl (C=O) groups excluding carboxylic acids is 2. The average molecular weight is 548 g/mol. The molecule has 0 spiro atoms. The Labute approximate surface area is 229 Å². The van der Waals surface area contributed by atoms with E-state index in [0.29, 0.717) is 35.0 Å². The van der Waals surface area contributed by atoms with Crippen molar-refractivity contribution in [2.75, 3.05) is 11.9 Å². The van der Waals surface area contributed by atoms with E-state index in [-0.39, 0.29) is 29.9 Å². The van der Waals surface area contributed by atoms with Gasteiger partial charge in [-0.25, -0.2) is 13.8 Å². The Balaban J connectivity index is 1.34. The van der Waals surface area contributed by atoms with Crippen molar-refractivity contribution in [3.05, 3.63) is 111 Å². The van der Waals surface area contributed by atoms with Crippen LogP contribution in [0.4, 0.5) is 14.5 Å². The zero-order valence-corrected chi connectivity index (χ0v) is 22.3. The molecule has 0 fully saturated rings. The molecule has 39 heavy (non-hydrogen) atoms. The van der Waals surface area contributed by atoms with Gasteiger partial charge in [-0.3, -0.25) is 9.59 Å². The third-order valence-corrected chi connectivity index (χ3v) is 7.34. The van der Waals surface area contributed by atoms with E-state index in [2.05, 4.69) is 10.3 Å². The van der Waals surface area contributed by atoms with Crippen LogP contribution >= 0.6 is 11.3 Å². The minimum Gasteiger partial charge on any atom is -0.486 e. The summed E-state index contributed by atoms with van der Waals surface area (Å²) in [6.07, 6.45) is 0.691. The molecular weight excluding hydrogens is 520 g/mol. The highest BCUT2D eigenvalue weighted by atomic mass is 32.1. The van der Waals surface area contributed by atoms with Crippen LogP contribution in [0.3, 0.4) is 0 Å². The molecule has 2 heterocycles. The third kappa shape index (κ3) is 5.98. The standard InChI is InChI=1S/C30H27F2N3O3S/c1-18(2)30(37)35-12-11-19-9-10-24(15-25(19)28(35)20-5-3-6-21(31)13-20)38-16-27-34-26(17-39-27)29(36)33-23-8-4-7-22(32)14-23/h3-10,13-15,17-18,28H,11-12,16H2,1-2H3,(H,33,36)/t28-/m0/s1. The fourth-order valence-electron chi connectivity index (χ4n) is 4.68. The molecular formula is C30H27F2N3O3S. The first kappa shape index (κ1) is 26.5. The van der Waals surface area contributed by atoms with Gasteiger partial charge in [-0.1, -0.05) is 38.1 Å². The Kier molecular flexibility index (Phi) is 7.70. The summed E-state index contributed by atoms with van der Waals surface area (Å²) in [5, 5.41) is 4.84. The summed E-state index contributed by atoms with van der Waals surface area (Å²) in [5.74, 6) is -0.849. The van der Waals surface area contributed by atoms with Gasteiger partial charge in [-0.15, -0.1) is 11.3 Å². The van der Waals surface area contributed by atoms with Gasteiger partial charge in [0.1, 0.15) is 34.7 Å². The SMILES string of the molecule is CC(C)C(=O)N1CCc2ccc(OCc3nc(C(=O)Nc4cccc(F)c4)cs3)cc2[C@@H]1c1cccc(F)c1. The number of benzene rings is 3. The zero-order valence-electron chi connectivity index (χ0n) is 21.5. The Morgan fingerprint density at radius 1 is 1.08 bits per heavy atom. The van der Waals surface area contributed by atoms with E-state index in [4.69, 9.17) is 4.74 Å².